The Labute approximate surface area is 160 Å². The van der Waals surface area contributed by atoms with Gasteiger partial charge in [0.2, 0.25) is 0 Å². The molecule has 0 atom stereocenters. The van der Waals surface area contributed by atoms with Crippen LogP contribution in [0.25, 0.3) is 34.0 Å². The topological polar surface area (TPSA) is 103 Å². The van der Waals surface area contributed by atoms with Crippen LogP contribution in [0.4, 0.5) is 0 Å². The quantitative estimate of drug-likeness (QED) is 0.498. The smallest absolute Gasteiger partial charge is 0.335 e. The third kappa shape index (κ3) is 3.29. The van der Waals surface area contributed by atoms with Gasteiger partial charge in [-0.05, 0) is 48.9 Å². The molecule has 4 rings (SSSR count). The molecule has 0 aliphatic carbocycles. The van der Waals surface area contributed by atoms with Crippen LogP contribution in [0.15, 0.2) is 59.0 Å². The summed E-state index contributed by atoms with van der Waals surface area (Å²) < 4.78 is 5.80. The molecule has 2 N–H and O–H groups in total. The molecule has 0 saturated carbocycles. The van der Waals surface area contributed by atoms with Crippen molar-refractivity contribution in [3.8, 4) is 17.4 Å². The second-order valence-electron chi connectivity index (χ2n) is 6.36. The number of benzene rings is 2. The highest BCUT2D eigenvalue weighted by molar-refractivity contribution is 5.90. The summed E-state index contributed by atoms with van der Waals surface area (Å²) in [5.74, 6) is 0.590. The Balaban J connectivity index is 1.65. The molecule has 0 bridgehead atoms. The highest BCUT2D eigenvalue weighted by Gasteiger charge is 2.11. The molecule has 0 spiro atoms. The van der Waals surface area contributed by atoms with Crippen molar-refractivity contribution in [3.63, 3.8) is 0 Å². The van der Waals surface area contributed by atoms with Crippen molar-refractivity contribution in [2.24, 2.45) is 0 Å². The van der Waals surface area contributed by atoms with Crippen LogP contribution in [0, 0.1) is 18.3 Å². The van der Waals surface area contributed by atoms with Gasteiger partial charge in [-0.1, -0.05) is 18.2 Å². The molecule has 136 valence electrons. The minimum atomic E-state index is -0.977. The van der Waals surface area contributed by atoms with Gasteiger partial charge in [0.1, 0.15) is 23.4 Å². The maximum Gasteiger partial charge on any atom is 0.335 e. The Morgan fingerprint density at radius 3 is 2.68 bits per heavy atom. The van der Waals surface area contributed by atoms with E-state index in [1.807, 2.05) is 25.1 Å². The Bertz CT molecular complexity index is 1250. The van der Waals surface area contributed by atoms with E-state index in [9.17, 15) is 10.1 Å². The first kappa shape index (κ1) is 17.3. The number of carbonyl (C=O) groups is 1. The molecule has 4 aromatic rings. The fraction of sp³-hybridized carbons (Fsp3) is 0.0455. The Morgan fingerprint density at radius 1 is 1.18 bits per heavy atom. The molecule has 0 fully saturated rings. The van der Waals surface area contributed by atoms with E-state index in [0.717, 1.165) is 22.2 Å². The molecule has 0 saturated heterocycles. The third-order valence-corrected chi connectivity index (χ3v) is 4.34. The van der Waals surface area contributed by atoms with Crippen LogP contribution >= 0.6 is 0 Å². The van der Waals surface area contributed by atoms with Crippen LogP contribution in [-0.4, -0.2) is 21.0 Å². The van der Waals surface area contributed by atoms with Gasteiger partial charge in [-0.25, -0.2) is 9.78 Å². The van der Waals surface area contributed by atoms with Crippen molar-refractivity contribution in [2.45, 2.75) is 6.92 Å². The second-order valence-corrected chi connectivity index (χ2v) is 6.36. The SMILES string of the molecule is Cc1ccc2nc(/C(C#N)=C/c3ccc(-c4ccc(C(=O)O)cc4)o3)[nH]c2c1. The maximum atomic E-state index is 11.0. The number of furan rings is 1. The Hall–Kier alpha value is -4.11. The number of hydrogen-bond donors (Lipinski definition) is 2. The Kier molecular flexibility index (Phi) is 4.26. The molecule has 2 aromatic heterocycles. The highest BCUT2D eigenvalue weighted by Crippen LogP contribution is 2.26. The number of allylic oxidation sites excluding steroid dienone is 1. The van der Waals surface area contributed by atoms with E-state index >= 15 is 0 Å². The molecule has 0 aliphatic heterocycles. The summed E-state index contributed by atoms with van der Waals surface area (Å²) in [6.45, 7) is 1.99. The van der Waals surface area contributed by atoms with Gasteiger partial charge in [0.25, 0.3) is 0 Å². The number of rotatable bonds is 4. The van der Waals surface area contributed by atoms with Crippen molar-refractivity contribution < 1.29 is 14.3 Å². The van der Waals surface area contributed by atoms with Gasteiger partial charge in [-0.3, -0.25) is 0 Å². The lowest BCUT2D eigenvalue weighted by atomic mass is 10.1. The molecule has 2 aromatic carbocycles. The fourth-order valence-electron chi connectivity index (χ4n) is 2.91. The number of nitrogens with zero attached hydrogens (tertiary/aromatic N) is 2. The van der Waals surface area contributed by atoms with E-state index in [1.54, 1.807) is 30.3 Å². The zero-order valence-electron chi connectivity index (χ0n) is 14.9. The number of aromatic amines is 1. The molecular weight excluding hydrogens is 354 g/mol. The number of carboxylic acids is 1. The summed E-state index contributed by atoms with van der Waals surface area (Å²) >= 11 is 0. The number of hydrogen-bond acceptors (Lipinski definition) is 4. The molecule has 2 heterocycles. The number of fused-ring (bicyclic) bond motifs is 1. The van der Waals surface area contributed by atoms with Gasteiger partial charge < -0.3 is 14.5 Å². The van der Waals surface area contributed by atoms with Crippen LogP contribution in [0.1, 0.15) is 27.5 Å². The lowest BCUT2D eigenvalue weighted by Gasteiger charge is -1.98. The largest absolute Gasteiger partial charge is 0.478 e. The van der Waals surface area contributed by atoms with Crippen LogP contribution in [0.5, 0.6) is 0 Å². The van der Waals surface area contributed by atoms with Gasteiger partial charge in [0.05, 0.1) is 22.2 Å². The van der Waals surface area contributed by atoms with Crippen molar-refractivity contribution in [1.29, 1.82) is 5.26 Å². The predicted octanol–water partition coefficient (Wildman–Crippen LogP) is 4.89. The summed E-state index contributed by atoms with van der Waals surface area (Å²) in [4.78, 5) is 18.6. The number of imidazole rings is 1. The minimum Gasteiger partial charge on any atom is -0.478 e. The fourth-order valence-corrected chi connectivity index (χ4v) is 2.91. The average molecular weight is 369 g/mol. The van der Waals surface area contributed by atoms with Gasteiger partial charge >= 0.3 is 5.97 Å². The molecule has 0 aliphatic rings. The summed E-state index contributed by atoms with van der Waals surface area (Å²) in [5, 5.41) is 18.5. The van der Waals surface area contributed by atoms with Crippen LogP contribution in [-0.2, 0) is 0 Å². The first-order valence-electron chi connectivity index (χ1n) is 8.55. The number of aromatic carboxylic acids is 1. The van der Waals surface area contributed by atoms with Crippen molar-refractivity contribution in [2.75, 3.05) is 0 Å². The first-order valence-corrected chi connectivity index (χ1v) is 8.55. The van der Waals surface area contributed by atoms with Gasteiger partial charge in [0.15, 0.2) is 0 Å². The number of aryl methyl sites for hydroxylation is 1. The molecule has 6 nitrogen and oxygen atoms in total. The molecule has 0 unspecified atom stereocenters. The van der Waals surface area contributed by atoms with Crippen molar-refractivity contribution in [1.82, 2.24) is 9.97 Å². The zero-order chi connectivity index (χ0) is 19.7. The lowest BCUT2D eigenvalue weighted by Crippen LogP contribution is -1.94. The van der Waals surface area contributed by atoms with Crippen molar-refractivity contribution >= 4 is 28.7 Å². The van der Waals surface area contributed by atoms with E-state index in [-0.39, 0.29) is 5.56 Å². The summed E-state index contributed by atoms with van der Waals surface area (Å²) in [5.41, 5.74) is 4.09. The minimum absolute atomic E-state index is 0.210. The monoisotopic (exact) mass is 369 g/mol. The van der Waals surface area contributed by atoms with E-state index in [2.05, 4.69) is 16.0 Å². The second kappa shape index (κ2) is 6.89. The molecule has 0 radical (unpaired) electrons. The Morgan fingerprint density at radius 2 is 1.96 bits per heavy atom. The highest BCUT2D eigenvalue weighted by atomic mass is 16.4. The normalized spacial score (nSPS) is 11.5. The van der Waals surface area contributed by atoms with Crippen molar-refractivity contribution in [3.05, 3.63) is 77.3 Å². The number of carboxylic acid groups (broad SMARTS) is 1. The van der Waals surface area contributed by atoms with Crippen LogP contribution in [0.2, 0.25) is 0 Å². The zero-order valence-corrected chi connectivity index (χ0v) is 14.9. The average Bonchev–Trinajstić information content (AvgIpc) is 3.32. The predicted molar refractivity (Wildman–Crippen MR) is 105 cm³/mol. The van der Waals surface area contributed by atoms with E-state index in [0.29, 0.717) is 22.9 Å². The summed E-state index contributed by atoms with van der Waals surface area (Å²) in [6.07, 6.45) is 1.62. The van der Waals surface area contributed by atoms with Gasteiger partial charge in [0, 0.05) is 11.6 Å². The summed E-state index contributed by atoms with van der Waals surface area (Å²) in [7, 11) is 0. The third-order valence-electron chi connectivity index (χ3n) is 4.34. The number of nitrogens with one attached hydrogen (secondary N) is 1. The standard InChI is InChI=1S/C22H15N3O3/c1-13-2-8-18-19(10-13)25-21(24-18)16(12-23)11-17-7-9-20(28-17)14-3-5-15(6-4-14)22(26)27/h2-11H,1H3,(H,24,25)(H,26,27)/b16-11+. The summed E-state index contributed by atoms with van der Waals surface area (Å²) in [6, 6.07) is 17.9. The number of H-pyrrole nitrogens is 1. The van der Waals surface area contributed by atoms with E-state index in [1.165, 1.54) is 12.1 Å². The van der Waals surface area contributed by atoms with Crippen LogP contribution in [0.3, 0.4) is 0 Å². The lowest BCUT2D eigenvalue weighted by molar-refractivity contribution is 0.0697. The van der Waals surface area contributed by atoms with Gasteiger partial charge in [-0.15, -0.1) is 0 Å². The van der Waals surface area contributed by atoms with E-state index < -0.39 is 5.97 Å². The molecule has 0 amide bonds. The van der Waals surface area contributed by atoms with Crippen LogP contribution < -0.4 is 0 Å². The molecular formula is C22H15N3O3. The molecule has 6 heteroatoms. The maximum absolute atomic E-state index is 11.0. The first-order chi connectivity index (χ1) is 13.5. The van der Waals surface area contributed by atoms with Gasteiger partial charge in [-0.2, -0.15) is 5.26 Å². The van der Waals surface area contributed by atoms with E-state index in [4.69, 9.17) is 9.52 Å². The molecule has 28 heavy (non-hydrogen) atoms. The number of nitriles is 1. The number of aromatic nitrogens is 2.